The summed E-state index contributed by atoms with van der Waals surface area (Å²) in [5.74, 6) is 0.448. The number of hydrogen-bond acceptors (Lipinski definition) is 2. The van der Waals surface area contributed by atoms with Gasteiger partial charge in [0.1, 0.15) is 0 Å². The molecular formula is C13H18IN5. The van der Waals surface area contributed by atoms with Crippen molar-refractivity contribution in [2.45, 2.75) is 13.1 Å². The summed E-state index contributed by atoms with van der Waals surface area (Å²) in [6.45, 7) is 1.43. The molecule has 0 fully saturated rings. The van der Waals surface area contributed by atoms with Crippen LogP contribution in [-0.4, -0.2) is 22.8 Å². The van der Waals surface area contributed by atoms with Crippen molar-refractivity contribution in [1.82, 2.24) is 15.1 Å². The molecule has 0 aliphatic carbocycles. The van der Waals surface area contributed by atoms with E-state index in [9.17, 15) is 0 Å². The van der Waals surface area contributed by atoms with Crippen LogP contribution >= 0.6 is 24.0 Å². The molecule has 6 heteroatoms. The Labute approximate surface area is 129 Å². The van der Waals surface area contributed by atoms with E-state index in [-0.39, 0.29) is 24.0 Å². The maximum atomic E-state index is 5.63. The Balaban J connectivity index is 0.00000180. The molecule has 1 aromatic heterocycles. The van der Waals surface area contributed by atoms with Gasteiger partial charge in [-0.1, -0.05) is 24.3 Å². The highest BCUT2D eigenvalue weighted by atomic mass is 127. The van der Waals surface area contributed by atoms with Crippen LogP contribution in [0.2, 0.25) is 0 Å². The minimum absolute atomic E-state index is 0. The predicted molar refractivity (Wildman–Crippen MR) is 87.6 cm³/mol. The fourth-order valence-corrected chi connectivity index (χ4v) is 1.72. The highest BCUT2D eigenvalue weighted by molar-refractivity contribution is 14.0. The average Bonchev–Trinajstić information content (AvgIpc) is 2.90. The van der Waals surface area contributed by atoms with Gasteiger partial charge in [0.05, 0.1) is 6.54 Å². The third-order valence-electron chi connectivity index (χ3n) is 2.71. The van der Waals surface area contributed by atoms with Gasteiger partial charge in [0, 0.05) is 26.0 Å². The largest absolute Gasteiger partial charge is 0.370 e. The molecule has 0 radical (unpaired) electrons. The van der Waals surface area contributed by atoms with Crippen molar-refractivity contribution in [1.29, 1.82) is 0 Å². The molecule has 5 nitrogen and oxygen atoms in total. The van der Waals surface area contributed by atoms with Crippen LogP contribution in [0.15, 0.2) is 47.7 Å². The predicted octanol–water partition coefficient (Wildman–Crippen LogP) is 1.58. The lowest BCUT2D eigenvalue weighted by Crippen LogP contribution is -2.31. The molecule has 0 saturated heterocycles. The van der Waals surface area contributed by atoms with Gasteiger partial charge in [0.2, 0.25) is 0 Å². The van der Waals surface area contributed by atoms with Crippen LogP contribution in [0.4, 0.5) is 0 Å². The van der Waals surface area contributed by atoms with E-state index in [2.05, 4.69) is 27.5 Å². The van der Waals surface area contributed by atoms with E-state index < -0.39 is 0 Å². The quantitative estimate of drug-likeness (QED) is 0.487. The Morgan fingerprint density at radius 2 is 2.05 bits per heavy atom. The van der Waals surface area contributed by atoms with Crippen LogP contribution in [0.1, 0.15) is 11.1 Å². The average molecular weight is 371 g/mol. The maximum absolute atomic E-state index is 5.63. The smallest absolute Gasteiger partial charge is 0.188 e. The van der Waals surface area contributed by atoms with Gasteiger partial charge in [-0.15, -0.1) is 24.0 Å². The number of hydrogen-bond donors (Lipinski definition) is 2. The van der Waals surface area contributed by atoms with Crippen LogP contribution in [0.5, 0.6) is 0 Å². The molecule has 1 heterocycles. The molecular weight excluding hydrogens is 353 g/mol. The van der Waals surface area contributed by atoms with Crippen LogP contribution in [0, 0.1) is 0 Å². The van der Waals surface area contributed by atoms with E-state index >= 15 is 0 Å². The summed E-state index contributed by atoms with van der Waals surface area (Å²) in [6.07, 6.45) is 3.73. The van der Waals surface area contributed by atoms with Crippen molar-refractivity contribution in [3.63, 3.8) is 0 Å². The third kappa shape index (κ3) is 4.55. The Morgan fingerprint density at radius 3 is 2.68 bits per heavy atom. The fourth-order valence-electron chi connectivity index (χ4n) is 1.72. The molecule has 2 aromatic rings. The summed E-state index contributed by atoms with van der Waals surface area (Å²) >= 11 is 0. The number of nitrogens with one attached hydrogen (secondary N) is 1. The molecule has 0 spiro atoms. The summed E-state index contributed by atoms with van der Waals surface area (Å²) in [5.41, 5.74) is 8.04. The van der Waals surface area contributed by atoms with Gasteiger partial charge in [-0.3, -0.25) is 9.67 Å². The summed E-state index contributed by atoms with van der Waals surface area (Å²) in [4.78, 5) is 3.87. The van der Waals surface area contributed by atoms with Gasteiger partial charge in [-0.05, 0) is 17.2 Å². The molecule has 0 unspecified atom stereocenters. The van der Waals surface area contributed by atoms with Crippen molar-refractivity contribution in [3.05, 3.63) is 53.9 Å². The third-order valence-corrected chi connectivity index (χ3v) is 2.71. The van der Waals surface area contributed by atoms with Gasteiger partial charge in [0.25, 0.3) is 0 Å². The van der Waals surface area contributed by atoms with E-state index in [4.69, 9.17) is 5.73 Å². The second kappa shape index (κ2) is 7.78. The van der Waals surface area contributed by atoms with Gasteiger partial charge >= 0.3 is 0 Å². The summed E-state index contributed by atoms with van der Waals surface area (Å²) in [6, 6.07) is 10.1. The van der Waals surface area contributed by atoms with E-state index in [0.717, 1.165) is 6.54 Å². The number of guanidine groups is 1. The molecule has 0 aliphatic heterocycles. The van der Waals surface area contributed by atoms with E-state index in [1.807, 2.05) is 29.1 Å². The molecule has 3 N–H and O–H groups in total. The minimum atomic E-state index is 0. The fraction of sp³-hybridized carbons (Fsp3) is 0.231. The first-order chi connectivity index (χ1) is 8.79. The topological polar surface area (TPSA) is 68.2 Å². The number of halogens is 1. The van der Waals surface area contributed by atoms with Crippen molar-refractivity contribution >= 4 is 29.9 Å². The zero-order valence-electron chi connectivity index (χ0n) is 10.8. The number of benzene rings is 1. The van der Waals surface area contributed by atoms with E-state index in [0.29, 0.717) is 12.5 Å². The first-order valence-electron chi connectivity index (χ1n) is 5.80. The maximum Gasteiger partial charge on any atom is 0.188 e. The zero-order chi connectivity index (χ0) is 12.8. The standard InChI is InChI=1S/C13H17N5.HI/c1-15-13(14)16-9-11-5-2-3-6-12(11)10-18-8-4-7-17-18;/h2-8H,9-10H2,1H3,(H3,14,15,16);1H. The molecule has 0 amide bonds. The van der Waals surface area contributed by atoms with Crippen molar-refractivity contribution in [2.24, 2.45) is 10.7 Å². The van der Waals surface area contributed by atoms with Crippen LogP contribution in [0.3, 0.4) is 0 Å². The van der Waals surface area contributed by atoms with Gasteiger partial charge in [-0.2, -0.15) is 5.10 Å². The molecule has 2 rings (SSSR count). The molecule has 0 saturated carbocycles. The molecule has 0 bridgehead atoms. The second-order valence-electron chi connectivity index (χ2n) is 3.93. The van der Waals surface area contributed by atoms with Gasteiger partial charge in [-0.25, -0.2) is 0 Å². The highest BCUT2D eigenvalue weighted by Crippen LogP contribution is 2.10. The second-order valence-corrected chi connectivity index (χ2v) is 3.93. The first-order valence-corrected chi connectivity index (χ1v) is 5.80. The molecule has 19 heavy (non-hydrogen) atoms. The molecule has 0 atom stereocenters. The monoisotopic (exact) mass is 371 g/mol. The van der Waals surface area contributed by atoms with Crippen LogP contribution in [-0.2, 0) is 13.1 Å². The molecule has 0 aliphatic rings. The van der Waals surface area contributed by atoms with Crippen molar-refractivity contribution in [2.75, 3.05) is 7.05 Å². The first kappa shape index (κ1) is 15.5. The number of nitrogens with zero attached hydrogens (tertiary/aromatic N) is 3. The Hall–Kier alpha value is -1.57. The minimum Gasteiger partial charge on any atom is -0.370 e. The lowest BCUT2D eigenvalue weighted by atomic mass is 10.1. The Morgan fingerprint density at radius 1 is 1.32 bits per heavy atom. The molecule has 102 valence electrons. The summed E-state index contributed by atoms with van der Waals surface area (Å²) in [7, 11) is 1.66. The Kier molecular flexibility index (Phi) is 6.34. The number of rotatable bonds is 4. The van der Waals surface area contributed by atoms with Gasteiger partial charge < -0.3 is 11.1 Å². The lowest BCUT2D eigenvalue weighted by Gasteiger charge is -2.11. The normalized spacial score (nSPS) is 10.9. The lowest BCUT2D eigenvalue weighted by molar-refractivity contribution is 0.678. The van der Waals surface area contributed by atoms with Gasteiger partial charge in [0.15, 0.2) is 5.96 Å². The summed E-state index contributed by atoms with van der Waals surface area (Å²) in [5, 5.41) is 7.28. The number of aliphatic imine (C=N–C) groups is 1. The summed E-state index contributed by atoms with van der Waals surface area (Å²) < 4.78 is 1.90. The van der Waals surface area contributed by atoms with Crippen molar-refractivity contribution < 1.29 is 0 Å². The van der Waals surface area contributed by atoms with E-state index in [1.165, 1.54) is 11.1 Å². The highest BCUT2D eigenvalue weighted by Gasteiger charge is 2.03. The van der Waals surface area contributed by atoms with E-state index in [1.54, 1.807) is 13.2 Å². The Bertz CT molecular complexity index is 522. The number of nitrogens with two attached hydrogens (primary N) is 1. The van der Waals surface area contributed by atoms with Crippen LogP contribution < -0.4 is 11.1 Å². The zero-order valence-corrected chi connectivity index (χ0v) is 13.1. The molecule has 1 aromatic carbocycles. The van der Waals surface area contributed by atoms with Crippen LogP contribution in [0.25, 0.3) is 0 Å². The SMILES string of the molecule is CN=C(N)NCc1ccccc1Cn1cccn1.I. The van der Waals surface area contributed by atoms with Crippen molar-refractivity contribution in [3.8, 4) is 0 Å². The number of aromatic nitrogens is 2.